The number of nitrogens with zero attached hydrogens (tertiary/aromatic N) is 3. The summed E-state index contributed by atoms with van der Waals surface area (Å²) in [6.07, 6.45) is 4.12. The predicted octanol–water partition coefficient (Wildman–Crippen LogP) is 1.57. The molecule has 0 aromatic carbocycles. The molecule has 1 fully saturated rings. The van der Waals surface area contributed by atoms with E-state index in [9.17, 15) is 4.79 Å². The first-order valence-electron chi connectivity index (χ1n) is 7.64. The van der Waals surface area contributed by atoms with Crippen LogP contribution in [0.1, 0.15) is 49.3 Å². The summed E-state index contributed by atoms with van der Waals surface area (Å²) in [4.78, 5) is 14.7. The first kappa shape index (κ1) is 15.0. The summed E-state index contributed by atoms with van der Waals surface area (Å²) in [5.41, 5.74) is 7.52. The number of hydrogen-bond acceptors (Lipinski definition) is 3. The van der Waals surface area contributed by atoms with Gasteiger partial charge in [0.05, 0.1) is 5.69 Å². The molecule has 5 heteroatoms. The highest BCUT2D eigenvalue weighted by molar-refractivity contribution is 5.93. The second kappa shape index (κ2) is 6.39. The number of carbonyl (C=O) groups is 1. The van der Waals surface area contributed by atoms with Gasteiger partial charge in [-0.3, -0.25) is 9.48 Å². The molecule has 20 heavy (non-hydrogen) atoms. The second-order valence-corrected chi connectivity index (χ2v) is 5.68. The smallest absolute Gasteiger partial charge is 0.272 e. The van der Waals surface area contributed by atoms with Crippen LogP contribution in [0.2, 0.25) is 0 Å². The fourth-order valence-electron chi connectivity index (χ4n) is 3.04. The van der Waals surface area contributed by atoms with E-state index in [4.69, 9.17) is 5.73 Å². The third-order valence-electron chi connectivity index (χ3n) is 4.45. The van der Waals surface area contributed by atoms with Crippen LogP contribution < -0.4 is 5.73 Å². The molecule has 1 aliphatic rings. The molecule has 1 aromatic heterocycles. The second-order valence-electron chi connectivity index (χ2n) is 5.68. The van der Waals surface area contributed by atoms with E-state index < -0.39 is 0 Å². The molecule has 112 valence electrons. The van der Waals surface area contributed by atoms with Gasteiger partial charge in [0.1, 0.15) is 5.69 Å². The molecule has 5 nitrogen and oxygen atoms in total. The number of nitrogens with two attached hydrogens (primary N) is 1. The van der Waals surface area contributed by atoms with Crippen molar-refractivity contribution in [3.63, 3.8) is 0 Å². The Morgan fingerprint density at radius 2 is 2.25 bits per heavy atom. The van der Waals surface area contributed by atoms with Crippen molar-refractivity contribution in [2.45, 2.75) is 45.6 Å². The quantitative estimate of drug-likeness (QED) is 0.909. The third kappa shape index (κ3) is 2.87. The molecule has 1 amide bonds. The number of amides is 1. The van der Waals surface area contributed by atoms with Crippen LogP contribution in [-0.2, 0) is 13.5 Å². The first-order valence-corrected chi connectivity index (χ1v) is 7.64. The zero-order valence-corrected chi connectivity index (χ0v) is 12.8. The Bertz CT molecular complexity index is 468. The number of likely N-dealkylation sites (tertiary alicyclic amines) is 1. The number of rotatable bonds is 4. The van der Waals surface area contributed by atoms with Gasteiger partial charge in [0.2, 0.25) is 0 Å². The van der Waals surface area contributed by atoms with Crippen LogP contribution in [0.25, 0.3) is 0 Å². The molecule has 1 aliphatic heterocycles. The number of aromatic nitrogens is 2. The summed E-state index contributed by atoms with van der Waals surface area (Å²) in [6.45, 7) is 5.61. The molecular formula is C15H26N4O. The minimum Gasteiger partial charge on any atom is -0.333 e. The van der Waals surface area contributed by atoms with Crippen molar-refractivity contribution in [2.24, 2.45) is 18.7 Å². The lowest BCUT2D eigenvalue weighted by Gasteiger charge is -2.38. The fraction of sp³-hybridized carbons (Fsp3) is 0.733. The van der Waals surface area contributed by atoms with Gasteiger partial charge in [0, 0.05) is 26.2 Å². The monoisotopic (exact) mass is 278 g/mol. The fourth-order valence-corrected chi connectivity index (χ4v) is 3.04. The van der Waals surface area contributed by atoms with Gasteiger partial charge < -0.3 is 10.6 Å². The average molecular weight is 278 g/mol. The Kier molecular flexibility index (Phi) is 4.81. The van der Waals surface area contributed by atoms with E-state index >= 15 is 0 Å². The number of hydrogen-bond donors (Lipinski definition) is 1. The molecule has 0 aliphatic carbocycles. The summed E-state index contributed by atoms with van der Waals surface area (Å²) in [7, 11) is 1.84. The van der Waals surface area contributed by atoms with Crippen molar-refractivity contribution in [2.75, 3.05) is 13.1 Å². The minimum atomic E-state index is 0.0738. The molecule has 2 atom stereocenters. The third-order valence-corrected chi connectivity index (χ3v) is 4.45. The molecule has 0 bridgehead atoms. The van der Waals surface area contributed by atoms with Gasteiger partial charge in [-0.25, -0.2) is 0 Å². The van der Waals surface area contributed by atoms with Gasteiger partial charge >= 0.3 is 0 Å². The molecule has 2 rings (SSSR count). The van der Waals surface area contributed by atoms with E-state index in [1.807, 2.05) is 24.9 Å². The van der Waals surface area contributed by atoms with Crippen molar-refractivity contribution >= 4 is 5.91 Å². The summed E-state index contributed by atoms with van der Waals surface area (Å²) in [6, 6.07) is 2.07. The highest BCUT2D eigenvalue weighted by Gasteiger charge is 2.31. The van der Waals surface area contributed by atoms with Gasteiger partial charge in [0.15, 0.2) is 0 Å². The van der Waals surface area contributed by atoms with Crippen LogP contribution in [0.4, 0.5) is 0 Å². The van der Waals surface area contributed by atoms with Gasteiger partial charge in [-0.05, 0) is 31.2 Å². The van der Waals surface area contributed by atoms with Crippen molar-refractivity contribution in [3.05, 3.63) is 17.5 Å². The SMILES string of the molecule is CCc1cc(C(=O)N2CCC(CC)CC2CN)n(C)n1. The summed E-state index contributed by atoms with van der Waals surface area (Å²) in [5.74, 6) is 0.773. The first-order chi connectivity index (χ1) is 9.60. The van der Waals surface area contributed by atoms with Crippen molar-refractivity contribution in [3.8, 4) is 0 Å². The molecule has 1 saturated heterocycles. The van der Waals surface area contributed by atoms with E-state index in [0.29, 0.717) is 18.2 Å². The lowest BCUT2D eigenvalue weighted by atomic mass is 9.88. The van der Waals surface area contributed by atoms with Crippen LogP contribution in [0.5, 0.6) is 0 Å². The van der Waals surface area contributed by atoms with E-state index in [2.05, 4.69) is 12.0 Å². The molecular weight excluding hydrogens is 252 g/mol. The van der Waals surface area contributed by atoms with Crippen LogP contribution >= 0.6 is 0 Å². The average Bonchev–Trinajstić information content (AvgIpc) is 2.86. The Morgan fingerprint density at radius 3 is 2.80 bits per heavy atom. The normalized spacial score (nSPS) is 23.1. The molecule has 0 saturated carbocycles. The molecule has 2 unspecified atom stereocenters. The Balaban J connectivity index is 2.17. The lowest BCUT2D eigenvalue weighted by molar-refractivity contribution is 0.0547. The van der Waals surface area contributed by atoms with E-state index in [1.54, 1.807) is 4.68 Å². The lowest BCUT2D eigenvalue weighted by Crippen LogP contribution is -2.49. The highest BCUT2D eigenvalue weighted by Crippen LogP contribution is 2.26. The van der Waals surface area contributed by atoms with E-state index in [0.717, 1.165) is 31.5 Å². The summed E-state index contributed by atoms with van der Waals surface area (Å²) >= 11 is 0. The van der Waals surface area contributed by atoms with Crippen LogP contribution in [0.3, 0.4) is 0 Å². The summed E-state index contributed by atoms with van der Waals surface area (Å²) in [5, 5.41) is 4.36. The van der Waals surface area contributed by atoms with Crippen LogP contribution in [0.15, 0.2) is 6.07 Å². The van der Waals surface area contributed by atoms with E-state index in [-0.39, 0.29) is 11.9 Å². The van der Waals surface area contributed by atoms with Crippen molar-refractivity contribution in [1.82, 2.24) is 14.7 Å². The maximum absolute atomic E-state index is 12.7. The van der Waals surface area contributed by atoms with Crippen LogP contribution in [-0.4, -0.2) is 39.7 Å². The number of carbonyl (C=O) groups excluding carboxylic acids is 1. The van der Waals surface area contributed by atoms with Crippen molar-refractivity contribution in [1.29, 1.82) is 0 Å². The molecule has 1 aromatic rings. The standard InChI is InChI=1S/C15H26N4O/c1-4-11-6-7-19(13(8-11)10-16)15(20)14-9-12(5-2)17-18(14)3/h9,11,13H,4-8,10,16H2,1-3H3. The molecule has 2 N–H and O–H groups in total. The van der Waals surface area contributed by atoms with Gasteiger partial charge in [-0.15, -0.1) is 0 Å². The Labute approximate surface area is 121 Å². The Hall–Kier alpha value is -1.36. The van der Waals surface area contributed by atoms with Gasteiger partial charge in [0.25, 0.3) is 5.91 Å². The topological polar surface area (TPSA) is 64.2 Å². The molecule has 0 spiro atoms. The van der Waals surface area contributed by atoms with Gasteiger partial charge in [-0.1, -0.05) is 20.3 Å². The highest BCUT2D eigenvalue weighted by atomic mass is 16.2. The number of aryl methyl sites for hydroxylation is 2. The zero-order valence-electron chi connectivity index (χ0n) is 12.8. The van der Waals surface area contributed by atoms with Gasteiger partial charge in [-0.2, -0.15) is 5.10 Å². The zero-order chi connectivity index (χ0) is 14.7. The predicted molar refractivity (Wildman–Crippen MR) is 79.5 cm³/mol. The minimum absolute atomic E-state index is 0.0738. The van der Waals surface area contributed by atoms with E-state index in [1.165, 1.54) is 6.42 Å². The molecule has 0 radical (unpaired) electrons. The van der Waals surface area contributed by atoms with Crippen LogP contribution in [0, 0.1) is 5.92 Å². The maximum atomic E-state index is 12.7. The summed E-state index contributed by atoms with van der Waals surface area (Å²) < 4.78 is 1.70. The molecule has 2 heterocycles. The maximum Gasteiger partial charge on any atom is 0.272 e. The van der Waals surface area contributed by atoms with Crippen molar-refractivity contribution < 1.29 is 4.79 Å². The Morgan fingerprint density at radius 1 is 1.50 bits per heavy atom. The largest absolute Gasteiger partial charge is 0.333 e. The number of piperidine rings is 1.